The number of hydrogen-bond acceptors (Lipinski definition) is 5. The molecule has 128 valence electrons. The van der Waals surface area contributed by atoms with Crippen LogP contribution in [0.25, 0.3) is 0 Å². The van der Waals surface area contributed by atoms with Crippen molar-refractivity contribution in [2.24, 2.45) is 0 Å². The van der Waals surface area contributed by atoms with Crippen LogP contribution in [0.3, 0.4) is 0 Å². The lowest BCUT2D eigenvalue weighted by Crippen LogP contribution is -2.29. The molecule has 24 heavy (non-hydrogen) atoms. The fraction of sp³-hybridized carbons (Fsp3) is 0.214. The number of carbonyl (C=O) groups is 1. The molecule has 0 radical (unpaired) electrons. The summed E-state index contributed by atoms with van der Waals surface area (Å²) in [5, 5.41) is 1.91. The van der Waals surface area contributed by atoms with Gasteiger partial charge in [-0.15, -0.1) is 0 Å². The van der Waals surface area contributed by atoms with Gasteiger partial charge in [-0.3, -0.25) is 9.78 Å². The smallest absolute Gasteiger partial charge is 0.351 e. The van der Waals surface area contributed by atoms with Crippen LogP contribution in [-0.4, -0.2) is 36.6 Å². The third-order valence-electron chi connectivity index (χ3n) is 2.96. The van der Waals surface area contributed by atoms with E-state index in [1.54, 1.807) is 6.07 Å². The van der Waals surface area contributed by atoms with Crippen LogP contribution in [0.15, 0.2) is 47.9 Å². The summed E-state index contributed by atoms with van der Waals surface area (Å²) >= 11 is 0. The first kappa shape index (κ1) is 17.9. The number of nitrogens with one attached hydrogen (secondary N) is 1. The van der Waals surface area contributed by atoms with Gasteiger partial charge in [-0.25, -0.2) is 13.4 Å². The molecule has 0 aromatic carbocycles. The number of nitrogens with zero attached hydrogens (tertiary/aromatic N) is 2. The Kier molecular flexibility index (Phi) is 5.17. The van der Waals surface area contributed by atoms with Gasteiger partial charge < -0.3 is 5.32 Å². The molecule has 0 aliphatic heterocycles. The first-order valence-corrected chi connectivity index (χ1v) is 8.29. The highest BCUT2D eigenvalue weighted by Gasteiger charge is 2.31. The maximum Gasteiger partial charge on any atom is 0.417 e. The third-order valence-corrected chi connectivity index (χ3v) is 4.58. The zero-order valence-corrected chi connectivity index (χ0v) is 12.9. The zero-order chi connectivity index (χ0) is 17.8. The monoisotopic (exact) mass is 359 g/mol. The van der Waals surface area contributed by atoms with E-state index in [2.05, 4.69) is 15.3 Å². The van der Waals surface area contributed by atoms with Gasteiger partial charge in [0, 0.05) is 25.1 Å². The van der Waals surface area contributed by atoms with Gasteiger partial charge in [0.1, 0.15) is 0 Å². The Morgan fingerprint density at radius 3 is 2.46 bits per heavy atom. The lowest BCUT2D eigenvalue weighted by atomic mass is 10.3. The normalized spacial score (nSPS) is 12.0. The van der Waals surface area contributed by atoms with Gasteiger partial charge in [0.15, 0.2) is 14.9 Å². The van der Waals surface area contributed by atoms with Crippen LogP contribution < -0.4 is 5.32 Å². The summed E-state index contributed by atoms with van der Waals surface area (Å²) in [6.45, 7) is -0.210. The molecular weight excluding hydrogens is 347 g/mol. The fourth-order valence-electron chi connectivity index (χ4n) is 1.73. The summed E-state index contributed by atoms with van der Waals surface area (Å²) in [6.07, 6.45) is -1.33. The van der Waals surface area contributed by atoms with Crippen molar-refractivity contribution in [2.45, 2.75) is 11.2 Å². The molecule has 0 atom stereocenters. The van der Waals surface area contributed by atoms with Crippen LogP contribution in [-0.2, 0) is 16.0 Å². The number of rotatable bonds is 5. The highest BCUT2D eigenvalue weighted by atomic mass is 32.2. The highest BCUT2D eigenvalue weighted by molar-refractivity contribution is 7.91. The van der Waals surface area contributed by atoms with Gasteiger partial charge in [-0.05, 0) is 24.3 Å². The molecule has 0 saturated heterocycles. The molecule has 0 bridgehead atoms. The van der Waals surface area contributed by atoms with E-state index in [0.29, 0.717) is 12.3 Å². The molecule has 2 aromatic heterocycles. The molecule has 1 amide bonds. The van der Waals surface area contributed by atoms with Crippen molar-refractivity contribution in [1.82, 2.24) is 15.3 Å². The van der Waals surface area contributed by atoms with Gasteiger partial charge in [-0.1, -0.05) is 0 Å². The van der Waals surface area contributed by atoms with Crippen molar-refractivity contribution in [3.05, 3.63) is 54.0 Å². The van der Waals surface area contributed by atoms with Gasteiger partial charge in [0.25, 0.3) is 5.91 Å². The second-order valence-corrected chi connectivity index (χ2v) is 6.76. The minimum atomic E-state index is -4.59. The van der Waals surface area contributed by atoms with Crippen LogP contribution in [0.4, 0.5) is 13.2 Å². The van der Waals surface area contributed by atoms with E-state index < -0.39 is 38.3 Å². The molecular formula is C14H12F3N3O3S. The van der Waals surface area contributed by atoms with Crippen molar-refractivity contribution >= 4 is 15.7 Å². The first-order chi connectivity index (χ1) is 11.2. The predicted molar refractivity (Wildman–Crippen MR) is 77.9 cm³/mol. The molecule has 2 rings (SSSR count). The Hall–Kier alpha value is -2.49. The van der Waals surface area contributed by atoms with Crippen molar-refractivity contribution in [3.63, 3.8) is 0 Å². The molecule has 2 heterocycles. The number of sulfone groups is 1. The van der Waals surface area contributed by atoms with Crippen LogP contribution in [0.1, 0.15) is 15.9 Å². The summed E-state index contributed by atoms with van der Waals surface area (Å²) in [5.41, 5.74) is -0.770. The standard InChI is InChI=1S/C14H12F3N3O3S/c15-14(16,17)11-3-4-12(20-9-11)24(22,23)7-6-19-13(21)10-2-1-5-18-8-10/h1-5,8-9H,6-7H2,(H,19,21). The number of carbonyl (C=O) groups excluding carboxylic acids is 1. The molecule has 0 fully saturated rings. The summed E-state index contributed by atoms with van der Waals surface area (Å²) in [7, 11) is -3.91. The van der Waals surface area contributed by atoms with Crippen LogP contribution >= 0.6 is 0 Å². The van der Waals surface area contributed by atoms with Crippen molar-refractivity contribution in [2.75, 3.05) is 12.3 Å². The average Bonchev–Trinajstić information content (AvgIpc) is 2.55. The minimum Gasteiger partial charge on any atom is -0.351 e. The van der Waals surface area contributed by atoms with E-state index in [0.717, 1.165) is 6.07 Å². The van der Waals surface area contributed by atoms with E-state index in [1.807, 2.05) is 0 Å². The fourth-order valence-corrected chi connectivity index (χ4v) is 2.80. The van der Waals surface area contributed by atoms with Crippen molar-refractivity contribution in [1.29, 1.82) is 0 Å². The Morgan fingerprint density at radius 1 is 1.17 bits per heavy atom. The maximum absolute atomic E-state index is 12.4. The number of alkyl halides is 3. The zero-order valence-electron chi connectivity index (χ0n) is 12.1. The number of halogens is 3. The summed E-state index contributed by atoms with van der Waals surface area (Å²) in [4.78, 5) is 18.8. The molecule has 0 saturated carbocycles. The van der Waals surface area contributed by atoms with Gasteiger partial charge in [-0.2, -0.15) is 13.2 Å². The second-order valence-electron chi connectivity index (χ2n) is 4.70. The Bertz CT molecular complexity index is 807. The van der Waals surface area contributed by atoms with E-state index in [1.165, 1.54) is 18.5 Å². The molecule has 0 unspecified atom stereocenters. The Balaban J connectivity index is 1.98. The molecule has 1 N–H and O–H groups in total. The summed E-state index contributed by atoms with van der Waals surface area (Å²) < 4.78 is 61.3. The molecule has 10 heteroatoms. The molecule has 0 aliphatic rings. The average molecular weight is 359 g/mol. The second kappa shape index (κ2) is 6.95. The maximum atomic E-state index is 12.4. The van der Waals surface area contributed by atoms with Crippen LogP contribution in [0.2, 0.25) is 0 Å². The Morgan fingerprint density at radius 2 is 1.92 bits per heavy atom. The van der Waals surface area contributed by atoms with E-state index in [4.69, 9.17) is 0 Å². The van der Waals surface area contributed by atoms with Crippen LogP contribution in [0, 0.1) is 0 Å². The SMILES string of the molecule is O=C(NCCS(=O)(=O)c1ccc(C(F)(F)F)cn1)c1cccnc1. The first-order valence-electron chi connectivity index (χ1n) is 6.64. The predicted octanol–water partition coefficient (Wildman–Crippen LogP) is 1.70. The summed E-state index contributed by atoms with van der Waals surface area (Å²) in [5.74, 6) is -0.990. The molecule has 2 aromatic rings. The van der Waals surface area contributed by atoms with Gasteiger partial charge in [0.05, 0.1) is 16.9 Å². The minimum absolute atomic E-state index is 0.210. The van der Waals surface area contributed by atoms with E-state index in [9.17, 15) is 26.4 Å². The van der Waals surface area contributed by atoms with Crippen molar-refractivity contribution < 1.29 is 26.4 Å². The van der Waals surface area contributed by atoms with Gasteiger partial charge >= 0.3 is 6.18 Å². The van der Waals surface area contributed by atoms with E-state index in [-0.39, 0.29) is 12.1 Å². The van der Waals surface area contributed by atoms with Crippen LogP contribution in [0.5, 0.6) is 0 Å². The number of hydrogen-bond donors (Lipinski definition) is 1. The van der Waals surface area contributed by atoms with Crippen molar-refractivity contribution in [3.8, 4) is 0 Å². The number of pyridine rings is 2. The Labute approximate surface area is 135 Å². The van der Waals surface area contributed by atoms with Gasteiger partial charge in [0.2, 0.25) is 0 Å². The van der Waals surface area contributed by atoms with E-state index >= 15 is 0 Å². The lowest BCUT2D eigenvalue weighted by molar-refractivity contribution is -0.137. The molecule has 6 nitrogen and oxygen atoms in total. The largest absolute Gasteiger partial charge is 0.417 e. The highest BCUT2D eigenvalue weighted by Crippen LogP contribution is 2.28. The molecule has 0 spiro atoms. The third kappa shape index (κ3) is 4.51. The quantitative estimate of drug-likeness (QED) is 0.878. The number of aromatic nitrogens is 2. The number of amides is 1. The molecule has 0 aliphatic carbocycles. The topological polar surface area (TPSA) is 89.0 Å². The lowest BCUT2D eigenvalue weighted by Gasteiger charge is -2.08. The summed E-state index contributed by atoms with van der Waals surface area (Å²) in [6, 6.07) is 4.50.